The lowest BCUT2D eigenvalue weighted by atomic mass is 9.91. The van der Waals surface area contributed by atoms with Crippen molar-refractivity contribution < 1.29 is 4.79 Å². The summed E-state index contributed by atoms with van der Waals surface area (Å²) >= 11 is 0. The van der Waals surface area contributed by atoms with Gasteiger partial charge in [0.05, 0.1) is 0 Å². The summed E-state index contributed by atoms with van der Waals surface area (Å²) in [6, 6.07) is 8.00. The Hall–Kier alpha value is -1.11. The van der Waals surface area contributed by atoms with Crippen LogP contribution in [0, 0.1) is 18.8 Å². The first kappa shape index (κ1) is 13.3. The van der Waals surface area contributed by atoms with Crippen molar-refractivity contribution in [3.05, 3.63) is 35.4 Å². The molecule has 98 valence electrons. The van der Waals surface area contributed by atoms with Gasteiger partial charge in [0.1, 0.15) is 0 Å². The summed E-state index contributed by atoms with van der Waals surface area (Å²) in [7, 11) is 0. The first-order valence-electron chi connectivity index (χ1n) is 7.25. The van der Waals surface area contributed by atoms with E-state index in [2.05, 4.69) is 13.8 Å². The quantitative estimate of drug-likeness (QED) is 0.552. The zero-order chi connectivity index (χ0) is 13.0. The molecule has 1 aromatic carbocycles. The fourth-order valence-electron chi connectivity index (χ4n) is 2.89. The minimum atomic E-state index is 0.328. The minimum absolute atomic E-state index is 0.328. The summed E-state index contributed by atoms with van der Waals surface area (Å²) in [5.41, 5.74) is 2.10. The van der Waals surface area contributed by atoms with Crippen LogP contribution in [0.5, 0.6) is 0 Å². The van der Waals surface area contributed by atoms with E-state index in [0.29, 0.717) is 11.7 Å². The summed E-state index contributed by atoms with van der Waals surface area (Å²) in [5.74, 6) is 1.79. The lowest BCUT2D eigenvalue weighted by Crippen LogP contribution is -2.08. The van der Waals surface area contributed by atoms with Gasteiger partial charge in [-0.2, -0.15) is 0 Å². The second kappa shape index (κ2) is 6.17. The van der Waals surface area contributed by atoms with Crippen molar-refractivity contribution in [1.82, 2.24) is 0 Å². The zero-order valence-electron chi connectivity index (χ0n) is 11.6. The zero-order valence-corrected chi connectivity index (χ0v) is 11.6. The molecule has 0 bridgehead atoms. The van der Waals surface area contributed by atoms with Gasteiger partial charge in [0, 0.05) is 12.0 Å². The molecule has 0 aromatic heterocycles. The van der Waals surface area contributed by atoms with E-state index in [1.807, 2.05) is 24.3 Å². The van der Waals surface area contributed by atoms with E-state index in [4.69, 9.17) is 0 Å². The van der Waals surface area contributed by atoms with Crippen LogP contribution in [0.3, 0.4) is 0 Å². The predicted octanol–water partition coefficient (Wildman–Crippen LogP) is 4.78. The number of aryl methyl sites for hydroxylation is 1. The van der Waals surface area contributed by atoms with Gasteiger partial charge >= 0.3 is 0 Å². The number of hydrogen-bond acceptors (Lipinski definition) is 1. The van der Waals surface area contributed by atoms with Gasteiger partial charge in [-0.1, -0.05) is 62.4 Å². The van der Waals surface area contributed by atoms with Crippen LogP contribution in [0.25, 0.3) is 0 Å². The molecule has 0 N–H and O–H groups in total. The molecular formula is C17H24O. The Morgan fingerprint density at radius 2 is 1.83 bits per heavy atom. The van der Waals surface area contributed by atoms with Crippen LogP contribution < -0.4 is 0 Å². The van der Waals surface area contributed by atoms with Crippen molar-refractivity contribution >= 4 is 5.78 Å². The SMILES string of the molecule is Cc1ccc(C(=O)CC2CCCC(C)CC2)cc1. The number of hydrogen-bond donors (Lipinski definition) is 0. The van der Waals surface area contributed by atoms with E-state index in [1.54, 1.807) is 0 Å². The Balaban J connectivity index is 1.92. The van der Waals surface area contributed by atoms with Gasteiger partial charge in [-0.25, -0.2) is 0 Å². The highest BCUT2D eigenvalue weighted by atomic mass is 16.1. The molecule has 1 saturated carbocycles. The van der Waals surface area contributed by atoms with E-state index in [-0.39, 0.29) is 0 Å². The molecule has 1 aromatic rings. The van der Waals surface area contributed by atoms with Gasteiger partial charge < -0.3 is 0 Å². The summed E-state index contributed by atoms with van der Waals surface area (Å²) in [6.07, 6.45) is 7.16. The molecule has 0 amide bonds. The molecule has 2 rings (SSSR count). The second-order valence-electron chi connectivity index (χ2n) is 5.97. The maximum atomic E-state index is 12.2. The summed E-state index contributed by atoms with van der Waals surface area (Å²) in [5, 5.41) is 0. The Labute approximate surface area is 111 Å². The standard InChI is InChI=1S/C17H24O/c1-13-4-3-5-15(9-6-13)12-17(18)16-10-7-14(2)8-11-16/h7-8,10-11,13,15H,3-6,9,12H2,1-2H3. The molecule has 0 aliphatic heterocycles. The molecule has 0 saturated heterocycles. The van der Waals surface area contributed by atoms with Crippen LogP contribution in [0.1, 0.15) is 61.4 Å². The van der Waals surface area contributed by atoms with Crippen LogP contribution in [0.4, 0.5) is 0 Å². The van der Waals surface area contributed by atoms with Crippen LogP contribution in [0.15, 0.2) is 24.3 Å². The predicted molar refractivity (Wildman–Crippen MR) is 75.9 cm³/mol. The first-order valence-corrected chi connectivity index (χ1v) is 7.25. The maximum Gasteiger partial charge on any atom is 0.163 e. The number of Topliss-reactive ketones (excluding diaryl/α,β-unsaturated/α-hetero) is 1. The van der Waals surface area contributed by atoms with Gasteiger partial charge in [-0.15, -0.1) is 0 Å². The lowest BCUT2D eigenvalue weighted by Gasteiger charge is -2.13. The third-order valence-electron chi connectivity index (χ3n) is 4.22. The van der Waals surface area contributed by atoms with E-state index in [0.717, 1.165) is 17.9 Å². The van der Waals surface area contributed by atoms with Crippen LogP contribution in [-0.2, 0) is 0 Å². The van der Waals surface area contributed by atoms with Crippen molar-refractivity contribution in [3.63, 3.8) is 0 Å². The molecule has 1 aliphatic rings. The summed E-state index contributed by atoms with van der Waals surface area (Å²) < 4.78 is 0. The van der Waals surface area contributed by atoms with Crippen molar-refractivity contribution in [3.8, 4) is 0 Å². The largest absolute Gasteiger partial charge is 0.294 e. The van der Waals surface area contributed by atoms with E-state index in [9.17, 15) is 4.79 Å². The Bertz CT molecular complexity index is 391. The average Bonchev–Trinajstić information content (AvgIpc) is 2.55. The van der Waals surface area contributed by atoms with Crippen LogP contribution >= 0.6 is 0 Å². The molecule has 0 radical (unpaired) electrons. The Morgan fingerprint density at radius 1 is 1.11 bits per heavy atom. The lowest BCUT2D eigenvalue weighted by molar-refractivity contribution is 0.0956. The highest BCUT2D eigenvalue weighted by molar-refractivity contribution is 5.96. The highest BCUT2D eigenvalue weighted by Gasteiger charge is 2.19. The van der Waals surface area contributed by atoms with E-state index >= 15 is 0 Å². The highest BCUT2D eigenvalue weighted by Crippen LogP contribution is 2.29. The topological polar surface area (TPSA) is 17.1 Å². The minimum Gasteiger partial charge on any atom is -0.294 e. The van der Waals surface area contributed by atoms with Gasteiger partial charge in [0.25, 0.3) is 0 Å². The van der Waals surface area contributed by atoms with Crippen molar-refractivity contribution in [2.75, 3.05) is 0 Å². The third kappa shape index (κ3) is 3.69. The number of rotatable bonds is 3. The number of ketones is 1. The van der Waals surface area contributed by atoms with Gasteiger partial charge in [0.15, 0.2) is 5.78 Å². The molecule has 1 heteroatoms. The normalized spacial score (nSPS) is 24.6. The molecule has 1 nitrogen and oxygen atoms in total. The molecule has 1 aliphatic carbocycles. The van der Waals surface area contributed by atoms with E-state index < -0.39 is 0 Å². The van der Waals surface area contributed by atoms with Gasteiger partial charge in [-0.3, -0.25) is 4.79 Å². The molecule has 2 atom stereocenters. The first-order chi connectivity index (χ1) is 8.65. The van der Waals surface area contributed by atoms with Crippen molar-refractivity contribution in [1.29, 1.82) is 0 Å². The number of carbonyl (C=O) groups is 1. The number of benzene rings is 1. The fourth-order valence-corrected chi connectivity index (χ4v) is 2.89. The number of carbonyl (C=O) groups excluding carboxylic acids is 1. The van der Waals surface area contributed by atoms with Gasteiger partial charge in [0.2, 0.25) is 0 Å². The van der Waals surface area contributed by atoms with Crippen LogP contribution in [-0.4, -0.2) is 5.78 Å². The monoisotopic (exact) mass is 244 g/mol. The second-order valence-corrected chi connectivity index (χ2v) is 5.97. The Kier molecular flexibility index (Phi) is 4.57. The Morgan fingerprint density at radius 3 is 2.56 bits per heavy atom. The average molecular weight is 244 g/mol. The molecule has 1 fully saturated rings. The smallest absolute Gasteiger partial charge is 0.163 e. The molecule has 0 spiro atoms. The van der Waals surface area contributed by atoms with Crippen molar-refractivity contribution in [2.24, 2.45) is 11.8 Å². The summed E-state index contributed by atoms with van der Waals surface area (Å²) in [4.78, 5) is 12.2. The van der Waals surface area contributed by atoms with E-state index in [1.165, 1.54) is 37.7 Å². The molecular weight excluding hydrogens is 220 g/mol. The third-order valence-corrected chi connectivity index (χ3v) is 4.22. The van der Waals surface area contributed by atoms with Crippen LogP contribution in [0.2, 0.25) is 0 Å². The molecule has 0 heterocycles. The fraction of sp³-hybridized carbons (Fsp3) is 0.588. The molecule has 18 heavy (non-hydrogen) atoms. The van der Waals surface area contributed by atoms with Gasteiger partial charge in [-0.05, 0) is 25.2 Å². The molecule has 2 unspecified atom stereocenters. The maximum absolute atomic E-state index is 12.2. The van der Waals surface area contributed by atoms with Crippen molar-refractivity contribution in [2.45, 2.75) is 52.4 Å². The summed E-state index contributed by atoms with van der Waals surface area (Å²) in [6.45, 7) is 4.39.